The summed E-state index contributed by atoms with van der Waals surface area (Å²) in [5.74, 6) is -1.48. The van der Waals surface area contributed by atoms with E-state index in [2.05, 4.69) is 10.6 Å². The lowest BCUT2D eigenvalue weighted by molar-refractivity contribution is -0.144. The second-order valence-corrected chi connectivity index (χ2v) is 5.54. The lowest BCUT2D eigenvalue weighted by atomic mass is 9.98. The summed E-state index contributed by atoms with van der Waals surface area (Å²) in [6.45, 7) is 0.0259. The van der Waals surface area contributed by atoms with Crippen LogP contribution >= 0.6 is 11.6 Å². The van der Waals surface area contributed by atoms with Gasteiger partial charge in [-0.15, -0.1) is 0 Å². The monoisotopic (exact) mass is 314 g/mol. The van der Waals surface area contributed by atoms with Crippen molar-refractivity contribution in [3.8, 4) is 0 Å². The molecule has 114 valence electrons. The molecule has 0 aromatic heterocycles. The van der Waals surface area contributed by atoms with E-state index in [4.69, 9.17) is 11.6 Å². The molecule has 0 saturated heterocycles. The first-order chi connectivity index (χ1) is 9.93. The minimum Gasteiger partial charge on any atom is -0.480 e. The van der Waals surface area contributed by atoms with Gasteiger partial charge in [0.15, 0.2) is 0 Å². The van der Waals surface area contributed by atoms with Crippen LogP contribution < -0.4 is 10.6 Å². The largest absolute Gasteiger partial charge is 0.480 e. The second-order valence-electron chi connectivity index (χ2n) is 5.14. The molecule has 0 unspecified atom stereocenters. The number of carboxylic acids is 1. The standard InChI is InChI=1S/C14H16ClFN2O3/c15-11-4-3-10(16)7-9(11)8-17-13(21)18-14(12(19)20)5-1-2-6-14/h3-4,7H,1-2,5-6,8H2,(H,19,20)(H2,17,18,21). The predicted molar refractivity (Wildman–Crippen MR) is 75.6 cm³/mol. The lowest BCUT2D eigenvalue weighted by Crippen LogP contribution is -2.55. The first-order valence-corrected chi connectivity index (χ1v) is 7.04. The minimum atomic E-state index is -1.20. The zero-order valence-corrected chi connectivity index (χ0v) is 12.0. The molecule has 5 nitrogen and oxygen atoms in total. The molecule has 1 fully saturated rings. The van der Waals surface area contributed by atoms with Gasteiger partial charge in [-0.05, 0) is 36.6 Å². The zero-order chi connectivity index (χ0) is 15.5. The topological polar surface area (TPSA) is 78.4 Å². The van der Waals surface area contributed by atoms with Crippen LogP contribution in [0, 0.1) is 5.82 Å². The van der Waals surface area contributed by atoms with Gasteiger partial charge in [0.25, 0.3) is 0 Å². The highest BCUT2D eigenvalue weighted by Gasteiger charge is 2.42. The number of urea groups is 1. The first-order valence-electron chi connectivity index (χ1n) is 6.66. The van der Waals surface area contributed by atoms with E-state index in [1.807, 2.05) is 0 Å². The number of carboxylic acid groups (broad SMARTS) is 1. The van der Waals surface area contributed by atoms with Gasteiger partial charge in [-0.2, -0.15) is 0 Å². The molecule has 1 aromatic carbocycles. The molecule has 0 atom stereocenters. The van der Waals surface area contributed by atoms with Gasteiger partial charge in [-0.3, -0.25) is 0 Å². The van der Waals surface area contributed by atoms with Crippen LogP contribution in [0.1, 0.15) is 31.2 Å². The molecule has 1 saturated carbocycles. The number of benzene rings is 1. The van der Waals surface area contributed by atoms with Crippen LogP contribution in [-0.2, 0) is 11.3 Å². The second kappa shape index (κ2) is 6.30. The van der Waals surface area contributed by atoms with Gasteiger partial charge in [0, 0.05) is 11.6 Å². The summed E-state index contributed by atoms with van der Waals surface area (Å²) >= 11 is 5.90. The molecule has 0 aliphatic heterocycles. The first kappa shape index (κ1) is 15.6. The van der Waals surface area contributed by atoms with E-state index in [9.17, 15) is 19.1 Å². The van der Waals surface area contributed by atoms with Crippen molar-refractivity contribution < 1.29 is 19.1 Å². The summed E-state index contributed by atoms with van der Waals surface area (Å²) in [6, 6.07) is 3.26. The zero-order valence-electron chi connectivity index (χ0n) is 11.3. The molecule has 3 N–H and O–H groups in total. The van der Waals surface area contributed by atoms with E-state index in [1.165, 1.54) is 18.2 Å². The predicted octanol–water partition coefficient (Wildman–Crippen LogP) is 2.68. The van der Waals surface area contributed by atoms with Crippen molar-refractivity contribution in [3.05, 3.63) is 34.6 Å². The molecule has 1 aromatic rings. The highest BCUT2D eigenvalue weighted by Crippen LogP contribution is 2.29. The fraction of sp³-hybridized carbons (Fsp3) is 0.429. The van der Waals surface area contributed by atoms with E-state index in [0.717, 1.165) is 12.8 Å². The Morgan fingerprint density at radius 1 is 1.33 bits per heavy atom. The van der Waals surface area contributed by atoms with Crippen LogP contribution in [0.2, 0.25) is 5.02 Å². The summed E-state index contributed by atoms with van der Waals surface area (Å²) in [5, 5.41) is 14.6. The minimum absolute atomic E-state index is 0.0259. The van der Waals surface area contributed by atoms with Crippen LogP contribution in [0.15, 0.2) is 18.2 Å². The third-order valence-corrected chi connectivity index (χ3v) is 4.04. The van der Waals surface area contributed by atoms with Gasteiger partial charge in [0.1, 0.15) is 11.4 Å². The van der Waals surface area contributed by atoms with E-state index in [-0.39, 0.29) is 6.54 Å². The van der Waals surface area contributed by atoms with Gasteiger partial charge < -0.3 is 15.7 Å². The van der Waals surface area contributed by atoms with Crippen molar-refractivity contribution in [2.75, 3.05) is 0 Å². The number of carbonyl (C=O) groups is 2. The van der Waals surface area contributed by atoms with Gasteiger partial charge in [-0.25, -0.2) is 14.0 Å². The van der Waals surface area contributed by atoms with Crippen molar-refractivity contribution in [2.24, 2.45) is 0 Å². The summed E-state index contributed by atoms with van der Waals surface area (Å²) in [6.07, 6.45) is 2.36. The normalized spacial score (nSPS) is 16.5. The Hall–Kier alpha value is -1.82. The van der Waals surface area contributed by atoms with Crippen molar-refractivity contribution in [2.45, 2.75) is 37.8 Å². The number of nitrogens with one attached hydrogen (secondary N) is 2. The molecular weight excluding hydrogens is 299 g/mol. The van der Waals surface area contributed by atoms with E-state index in [1.54, 1.807) is 0 Å². The molecule has 0 bridgehead atoms. The highest BCUT2D eigenvalue weighted by molar-refractivity contribution is 6.31. The highest BCUT2D eigenvalue weighted by atomic mass is 35.5. The lowest BCUT2D eigenvalue weighted by Gasteiger charge is -2.25. The molecule has 1 aliphatic rings. The van der Waals surface area contributed by atoms with Gasteiger partial charge in [0.05, 0.1) is 0 Å². The number of hydrogen-bond acceptors (Lipinski definition) is 2. The third kappa shape index (κ3) is 3.64. The van der Waals surface area contributed by atoms with Crippen molar-refractivity contribution in [3.63, 3.8) is 0 Å². The number of amides is 2. The van der Waals surface area contributed by atoms with Crippen molar-refractivity contribution >= 4 is 23.6 Å². The average molecular weight is 315 g/mol. The Labute approximate surface area is 126 Å². The molecule has 0 radical (unpaired) electrons. The quantitative estimate of drug-likeness (QED) is 0.799. The van der Waals surface area contributed by atoms with Crippen molar-refractivity contribution in [1.29, 1.82) is 0 Å². The van der Waals surface area contributed by atoms with Crippen LogP contribution in [0.25, 0.3) is 0 Å². The Bertz CT molecular complexity index is 559. The number of carbonyl (C=O) groups excluding carboxylic acids is 1. The molecule has 21 heavy (non-hydrogen) atoms. The number of halogens is 2. The van der Waals surface area contributed by atoms with E-state index in [0.29, 0.717) is 23.4 Å². The molecule has 0 spiro atoms. The molecule has 2 amide bonds. The van der Waals surface area contributed by atoms with E-state index < -0.39 is 23.4 Å². The van der Waals surface area contributed by atoms with Gasteiger partial charge >= 0.3 is 12.0 Å². The number of hydrogen-bond donors (Lipinski definition) is 3. The number of aliphatic carboxylic acids is 1. The van der Waals surface area contributed by atoms with E-state index >= 15 is 0 Å². The summed E-state index contributed by atoms with van der Waals surface area (Å²) in [7, 11) is 0. The average Bonchev–Trinajstić information content (AvgIpc) is 2.89. The van der Waals surface area contributed by atoms with Crippen LogP contribution in [0.3, 0.4) is 0 Å². The molecular formula is C14H16ClFN2O3. The van der Waals surface area contributed by atoms with Crippen LogP contribution in [-0.4, -0.2) is 22.6 Å². The Morgan fingerprint density at radius 2 is 2.00 bits per heavy atom. The van der Waals surface area contributed by atoms with Crippen LogP contribution in [0.4, 0.5) is 9.18 Å². The SMILES string of the molecule is O=C(NCc1cc(F)ccc1Cl)NC1(C(=O)O)CCCC1. The number of rotatable bonds is 4. The fourth-order valence-electron chi connectivity index (χ4n) is 2.49. The third-order valence-electron chi connectivity index (χ3n) is 3.67. The Balaban J connectivity index is 1.96. The van der Waals surface area contributed by atoms with Gasteiger partial charge in [-0.1, -0.05) is 24.4 Å². The molecule has 7 heteroatoms. The van der Waals surface area contributed by atoms with Crippen LogP contribution in [0.5, 0.6) is 0 Å². The Morgan fingerprint density at radius 3 is 2.62 bits per heavy atom. The summed E-state index contributed by atoms with van der Waals surface area (Å²) in [5.41, 5.74) is -0.766. The maximum atomic E-state index is 13.1. The molecule has 1 aliphatic carbocycles. The summed E-state index contributed by atoms with van der Waals surface area (Å²) < 4.78 is 13.1. The smallest absolute Gasteiger partial charge is 0.329 e. The van der Waals surface area contributed by atoms with Gasteiger partial charge in [0.2, 0.25) is 0 Å². The Kier molecular flexibility index (Phi) is 4.67. The maximum Gasteiger partial charge on any atom is 0.329 e. The fourth-order valence-corrected chi connectivity index (χ4v) is 2.67. The molecule has 2 rings (SSSR count). The summed E-state index contributed by atoms with van der Waals surface area (Å²) in [4.78, 5) is 23.2. The van der Waals surface area contributed by atoms with Crippen molar-refractivity contribution in [1.82, 2.24) is 10.6 Å². The maximum absolute atomic E-state index is 13.1. The molecule has 0 heterocycles.